The molecule has 2 amide bonds. The summed E-state index contributed by atoms with van der Waals surface area (Å²) in [7, 11) is 0. The molecule has 0 unspecified atom stereocenters. The third kappa shape index (κ3) is 4.59. The molecule has 6 nitrogen and oxygen atoms in total. The summed E-state index contributed by atoms with van der Waals surface area (Å²) in [5.41, 5.74) is 4.20. The van der Waals surface area contributed by atoms with Crippen molar-refractivity contribution in [3.05, 3.63) is 84.7 Å². The zero-order chi connectivity index (χ0) is 21.8. The average molecular weight is 410 g/mol. The molecule has 0 saturated heterocycles. The maximum atomic E-state index is 13.1. The highest BCUT2D eigenvalue weighted by Gasteiger charge is 2.14. The Bertz CT molecular complexity index is 1240. The molecular formula is C25H22N4O2. The van der Waals surface area contributed by atoms with Gasteiger partial charge in [0.05, 0.1) is 16.8 Å². The highest BCUT2D eigenvalue weighted by atomic mass is 16.2. The maximum Gasteiger partial charge on any atom is 0.256 e. The van der Waals surface area contributed by atoms with E-state index in [0.29, 0.717) is 22.6 Å². The highest BCUT2D eigenvalue weighted by Crippen LogP contribution is 2.25. The molecule has 0 atom stereocenters. The lowest BCUT2D eigenvalue weighted by molar-refractivity contribution is -0.118. The van der Waals surface area contributed by atoms with Crippen molar-refractivity contribution in [2.45, 2.75) is 13.8 Å². The first-order chi connectivity index (χ1) is 15.0. The molecule has 0 bridgehead atoms. The number of aromatic nitrogens is 2. The summed E-state index contributed by atoms with van der Waals surface area (Å²) < 4.78 is 0. The van der Waals surface area contributed by atoms with E-state index in [0.717, 1.165) is 16.5 Å². The summed E-state index contributed by atoms with van der Waals surface area (Å²) in [6, 6.07) is 20.2. The molecule has 31 heavy (non-hydrogen) atoms. The van der Waals surface area contributed by atoms with Gasteiger partial charge in [-0.25, -0.2) is 4.98 Å². The van der Waals surface area contributed by atoms with E-state index in [-0.39, 0.29) is 17.7 Å². The second-order valence-corrected chi connectivity index (χ2v) is 7.48. The molecule has 0 radical (unpaired) electrons. The number of pyridine rings is 2. The maximum absolute atomic E-state index is 13.1. The third-order valence-electron chi connectivity index (χ3n) is 4.87. The van der Waals surface area contributed by atoms with Gasteiger partial charge in [0, 0.05) is 40.6 Å². The fourth-order valence-corrected chi connectivity index (χ4v) is 3.16. The zero-order valence-corrected chi connectivity index (χ0v) is 17.3. The number of hydrogen-bond acceptors (Lipinski definition) is 4. The molecular weight excluding hydrogens is 388 g/mol. The quantitative estimate of drug-likeness (QED) is 0.477. The number of hydrogen-bond donors (Lipinski definition) is 2. The first kappa shape index (κ1) is 20.2. The van der Waals surface area contributed by atoms with Crippen LogP contribution in [-0.4, -0.2) is 21.8 Å². The van der Waals surface area contributed by atoms with Crippen LogP contribution in [0.1, 0.15) is 24.2 Å². The van der Waals surface area contributed by atoms with Gasteiger partial charge in [-0.3, -0.25) is 14.6 Å². The van der Waals surface area contributed by atoms with E-state index in [1.807, 2.05) is 50.2 Å². The topological polar surface area (TPSA) is 84.0 Å². The van der Waals surface area contributed by atoms with E-state index in [1.54, 1.807) is 42.7 Å². The molecule has 0 fully saturated rings. The van der Waals surface area contributed by atoms with Gasteiger partial charge in [-0.2, -0.15) is 0 Å². The molecule has 2 aromatic carbocycles. The van der Waals surface area contributed by atoms with E-state index < -0.39 is 0 Å². The van der Waals surface area contributed by atoms with Crippen LogP contribution in [0.3, 0.4) is 0 Å². The van der Waals surface area contributed by atoms with Crippen molar-refractivity contribution in [2.24, 2.45) is 5.92 Å². The summed E-state index contributed by atoms with van der Waals surface area (Å²) in [5, 5.41) is 6.56. The Kier molecular flexibility index (Phi) is 5.71. The van der Waals surface area contributed by atoms with E-state index >= 15 is 0 Å². The number of para-hydroxylation sites is 1. The highest BCUT2D eigenvalue weighted by molar-refractivity contribution is 6.13. The van der Waals surface area contributed by atoms with Crippen molar-refractivity contribution in [3.63, 3.8) is 0 Å². The standard InChI is InChI=1S/C25H22N4O2/c1-16(2)24(30)27-18-7-9-19(10-8-18)28-25(31)21-15-23(17-11-13-26-14-12-17)29-22-6-4-3-5-20(21)22/h3-16H,1-2H3,(H,27,30)(H,28,31). The minimum absolute atomic E-state index is 0.0521. The van der Waals surface area contributed by atoms with Gasteiger partial charge in [-0.15, -0.1) is 0 Å². The molecule has 154 valence electrons. The molecule has 2 heterocycles. The van der Waals surface area contributed by atoms with E-state index in [2.05, 4.69) is 15.6 Å². The summed E-state index contributed by atoms with van der Waals surface area (Å²) in [4.78, 5) is 33.7. The Balaban J connectivity index is 1.62. The van der Waals surface area contributed by atoms with Gasteiger partial charge in [-0.05, 0) is 48.5 Å². The first-order valence-electron chi connectivity index (χ1n) is 10.0. The van der Waals surface area contributed by atoms with Crippen LogP contribution < -0.4 is 10.6 Å². The minimum atomic E-state index is -0.229. The predicted octanol–water partition coefficient (Wildman–Crippen LogP) is 5.14. The minimum Gasteiger partial charge on any atom is -0.326 e. The van der Waals surface area contributed by atoms with Crippen LogP contribution in [0.15, 0.2) is 79.1 Å². The largest absolute Gasteiger partial charge is 0.326 e. The van der Waals surface area contributed by atoms with E-state index in [4.69, 9.17) is 4.98 Å². The van der Waals surface area contributed by atoms with Gasteiger partial charge in [0.1, 0.15) is 0 Å². The zero-order valence-electron chi connectivity index (χ0n) is 17.3. The van der Waals surface area contributed by atoms with Gasteiger partial charge in [-0.1, -0.05) is 32.0 Å². The Hall–Kier alpha value is -4.06. The van der Waals surface area contributed by atoms with Crippen LogP contribution >= 0.6 is 0 Å². The lowest BCUT2D eigenvalue weighted by Crippen LogP contribution is -2.17. The van der Waals surface area contributed by atoms with Crippen molar-refractivity contribution in [2.75, 3.05) is 10.6 Å². The lowest BCUT2D eigenvalue weighted by atomic mass is 10.0. The molecule has 2 aromatic heterocycles. The van der Waals surface area contributed by atoms with Crippen LogP contribution in [0.2, 0.25) is 0 Å². The van der Waals surface area contributed by atoms with Crippen molar-refractivity contribution in [1.82, 2.24) is 9.97 Å². The van der Waals surface area contributed by atoms with E-state index in [9.17, 15) is 9.59 Å². The Morgan fingerprint density at radius 2 is 1.48 bits per heavy atom. The molecule has 0 aliphatic heterocycles. The van der Waals surface area contributed by atoms with Crippen molar-refractivity contribution in [1.29, 1.82) is 0 Å². The van der Waals surface area contributed by atoms with Gasteiger partial charge < -0.3 is 10.6 Å². The summed E-state index contributed by atoms with van der Waals surface area (Å²) in [6.07, 6.45) is 3.40. The first-order valence-corrected chi connectivity index (χ1v) is 10.0. The molecule has 0 spiro atoms. The van der Waals surface area contributed by atoms with Crippen LogP contribution in [0.5, 0.6) is 0 Å². The third-order valence-corrected chi connectivity index (χ3v) is 4.87. The van der Waals surface area contributed by atoms with Crippen molar-refractivity contribution in [3.8, 4) is 11.3 Å². The smallest absolute Gasteiger partial charge is 0.256 e. The number of amides is 2. The number of carbonyl (C=O) groups excluding carboxylic acids is 2. The van der Waals surface area contributed by atoms with Gasteiger partial charge in [0.25, 0.3) is 5.91 Å². The number of rotatable bonds is 5. The van der Waals surface area contributed by atoms with Crippen LogP contribution in [0.4, 0.5) is 11.4 Å². The average Bonchev–Trinajstić information content (AvgIpc) is 2.80. The lowest BCUT2D eigenvalue weighted by Gasteiger charge is -2.12. The molecule has 4 aromatic rings. The molecule has 0 saturated carbocycles. The van der Waals surface area contributed by atoms with E-state index in [1.165, 1.54) is 0 Å². The monoisotopic (exact) mass is 410 g/mol. The van der Waals surface area contributed by atoms with Crippen LogP contribution in [-0.2, 0) is 4.79 Å². The number of benzene rings is 2. The predicted molar refractivity (Wildman–Crippen MR) is 123 cm³/mol. The van der Waals surface area contributed by atoms with Crippen molar-refractivity contribution >= 4 is 34.1 Å². The number of fused-ring (bicyclic) bond motifs is 1. The molecule has 0 aliphatic carbocycles. The molecule has 4 rings (SSSR count). The SMILES string of the molecule is CC(C)C(=O)Nc1ccc(NC(=O)c2cc(-c3ccncc3)nc3ccccc23)cc1. The summed E-state index contributed by atoms with van der Waals surface area (Å²) in [6.45, 7) is 3.67. The summed E-state index contributed by atoms with van der Waals surface area (Å²) >= 11 is 0. The van der Waals surface area contributed by atoms with Gasteiger partial charge in [0.2, 0.25) is 5.91 Å². The Morgan fingerprint density at radius 1 is 0.839 bits per heavy atom. The summed E-state index contributed by atoms with van der Waals surface area (Å²) in [5.74, 6) is -0.384. The number of anilines is 2. The number of carbonyl (C=O) groups is 2. The normalized spacial score (nSPS) is 10.8. The molecule has 6 heteroatoms. The second-order valence-electron chi connectivity index (χ2n) is 7.48. The fraction of sp³-hybridized carbons (Fsp3) is 0.120. The van der Waals surface area contributed by atoms with Gasteiger partial charge in [0.15, 0.2) is 0 Å². The Morgan fingerprint density at radius 3 is 2.16 bits per heavy atom. The van der Waals surface area contributed by atoms with Gasteiger partial charge >= 0.3 is 0 Å². The molecule has 0 aliphatic rings. The second kappa shape index (κ2) is 8.75. The number of nitrogens with one attached hydrogen (secondary N) is 2. The number of nitrogens with zero attached hydrogens (tertiary/aromatic N) is 2. The fourth-order valence-electron chi connectivity index (χ4n) is 3.16. The van der Waals surface area contributed by atoms with Crippen LogP contribution in [0, 0.1) is 5.92 Å². The molecule has 2 N–H and O–H groups in total. The Labute approximate surface area is 180 Å². The van der Waals surface area contributed by atoms with Crippen LogP contribution in [0.25, 0.3) is 22.2 Å². The van der Waals surface area contributed by atoms with Crippen molar-refractivity contribution < 1.29 is 9.59 Å².